The Morgan fingerprint density at radius 2 is 0.586 bits per heavy atom. The van der Waals surface area contributed by atoms with Crippen molar-refractivity contribution in [2.24, 2.45) is 17.8 Å². The summed E-state index contributed by atoms with van der Waals surface area (Å²) in [6.45, 7) is 11.8. The Bertz CT molecular complexity index is 1720. The summed E-state index contributed by atoms with van der Waals surface area (Å²) in [7, 11) is -9.89. The highest BCUT2D eigenvalue weighted by molar-refractivity contribution is 7.47. The zero-order valence-electron chi connectivity index (χ0n) is 56.5. The van der Waals surface area contributed by atoms with E-state index in [-0.39, 0.29) is 25.7 Å². The molecule has 0 spiro atoms. The summed E-state index contributed by atoms with van der Waals surface area (Å²) in [5.74, 6) is 0.199. The highest BCUT2D eigenvalue weighted by Gasteiger charge is 2.30. The molecule has 516 valence electrons. The van der Waals surface area contributed by atoms with Gasteiger partial charge in [-0.3, -0.25) is 37.3 Å². The molecular weight excluding hydrogens is 1150 g/mol. The number of phosphoric ester groups is 2. The van der Waals surface area contributed by atoms with Crippen molar-refractivity contribution in [1.29, 1.82) is 0 Å². The topological polar surface area (TPSA) is 237 Å². The zero-order chi connectivity index (χ0) is 64.5. The van der Waals surface area contributed by atoms with Crippen molar-refractivity contribution in [3.05, 3.63) is 0 Å². The fraction of sp³-hybridized carbons (Fsp3) is 0.941. The van der Waals surface area contributed by atoms with Crippen molar-refractivity contribution in [2.45, 2.75) is 356 Å². The van der Waals surface area contributed by atoms with E-state index in [1.54, 1.807) is 0 Å². The SMILES string of the molecule is CCCCCCCCCC(=O)OC[C@H](COP(=O)(O)OC[C@H](O)COP(=O)(O)OC[C@@H](COC(=O)CCCCCCCCCCC(C)CC)OC(=O)CCCCCCCCCCCCCCCC(C)C)OC(=O)CCCCCCCCCCC(C)CC. The van der Waals surface area contributed by atoms with Crippen LogP contribution in [0, 0.1) is 17.8 Å². The van der Waals surface area contributed by atoms with Crippen LogP contribution in [0.3, 0.4) is 0 Å². The summed E-state index contributed by atoms with van der Waals surface area (Å²) in [5.41, 5.74) is 0. The van der Waals surface area contributed by atoms with Crippen LogP contribution < -0.4 is 0 Å². The lowest BCUT2D eigenvalue weighted by Gasteiger charge is -2.21. The van der Waals surface area contributed by atoms with Crippen LogP contribution in [0.15, 0.2) is 0 Å². The van der Waals surface area contributed by atoms with E-state index in [9.17, 15) is 43.2 Å². The minimum absolute atomic E-state index is 0.104. The van der Waals surface area contributed by atoms with Crippen LogP contribution in [-0.2, 0) is 65.4 Å². The monoisotopic (exact) mass is 1280 g/mol. The number of unbranched alkanes of at least 4 members (excludes halogenated alkanes) is 32. The zero-order valence-corrected chi connectivity index (χ0v) is 58.3. The number of carbonyl (C=O) groups excluding carboxylic acids is 4. The molecule has 0 aliphatic rings. The highest BCUT2D eigenvalue weighted by Crippen LogP contribution is 2.45. The molecule has 0 aliphatic carbocycles. The number of phosphoric acid groups is 2. The van der Waals surface area contributed by atoms with E-state index in [1.807, 2.05) is 0 Å². The van der Waals surface area contributed by atoms with Gasteiger partial charge in [-0.25, -0.2) is 9.13 Å². The van der Waals surface area contributed by atoms with Gasteiger partial charge in [-0.2, -0.15) is 0 Å². The van der Waals surface area contributed by atoms with Gasteiger partial charge in [0.25, 0.3) is 0 Å². The lowest BCUT2D eigenvalue weighted by atomic mass is 9.99. The second kappa shape index (κ2) is 59.1. The van der Waals surface area contributed by atoms with E-state index in [2.05, 4.69) is 48.5 Å². The van der Waals surface area contributed by atoms with Crippen molar-refractivity contribution in [3.8, 4) is 0 Å². The molecule has 0 amide bonds. The first-order chi connectivity index (χ1) is 41.8. The molecule has 17 nitrogen and oxygen atoms in total. The minimum atomic E-state index is -4.95. The summed E-state index contributed by atoms with van der Waals surface area (Å²) >= 11 is 0. The van der Waals surface area contributed by atoms with Gasteiger partial charge < -0.3 is 33.8 Å². The minimum Gasteiger partial charge on any atom is -0.462 e. The molecular formula is C68H132O17P2. The normalized spacial score (nSPS) is 14.9. The summed E-state index contributed by atoms with van der Waals surface area (Å²) < 4.78 is 68.1. The van der Waals surface area contributed by atoms with Crippen LogP contribution in [0.25, 0.3) is 0 Å². The largest absolute Gasteiger partial charge is 0.472 e. The van der Waals surface area contributed by atoms with Crippen molar-refractivity contribution >= 4 is 39.5 Å². The van der Waals surface area contributed by atoms with Gasteiger partial charge in [-0.1, -0.05) is 286 Å². The first-order valence-corrected chi connectivity index (χ1v) is 38.4. The van der Waals surface area contributed by atoms with E-state index in [1.165, 1.54) is 135 Å². The van der Waals surface area contributed by atoms with Gasteiger partial charge >= 0.3 is 39.5 Å². The molecule has 0 aromatic rings. The van der Waals surface area contributed by atoms with E-state index < -0.39 is 97.5 Å². The van der Waals surface area contributed by atoms with E-state index >= 15 is 0 Å². The molecule has 0 fully saturated rings. The van der Waals surface area contributed by atoms with Crippen molar-refractivity contribution in [2.75, 3.05) is 39.6 Å². The molecule has 0 rings (SSSR count). The van der Waals surface area contributed by atoms with Gasteiger partial charge in [-0.05, 0) is 43.4 Å². The van der Waals surface area contributed by atoms with Crippen LogP contribution in [0.4, 0.5) is 0 Å². The molecule has 7 atom stereocenters. The number of aliphatic hydroxyl groups excluding tert-OH is 1. The average molecular weight is 1280 g/mol. The van der Waals surface area contributed by atoms with Gasteiger partial charge in [0.2, 0.25) is 0 Å². The third kappa shape index (κ3) is 60.1. The molecule has 4 unspecified atom stereocenters. The quantitative estimate of drug-likeness (QED) is 0.0222. The Morgan fingerprint density at radius 1 is 0.333 bits per heavy atom. The van der Waals surface area contributed by atoms with Crippen LogP contribution in [0.2, 0.25) is 0 Å². The van der Waals surface area contributed by atoms with Gasteiger partial charge in [0.05, 0.1) is 26.4 Å². The molecule has 87 heavy (non-hydrogen) atoms. The molecule has 0 aromatic heterocycles. The lowest BCUT2D eigenvalue weighted by molar-refractivity contribution is -0.161. The van der Waals surface area contributed by atoms with E-state index in [0.29, 0.717) is 25.7 Å². The van der Waals surface area contributed by atoms with Crippen molar-refractivity contribution in [3.63, 3.8) is 0 Å². The Hall–Kier alpha value is -1.94. The van der Waals surface area contributed by atoms with E-state index in [0.717, 1.165) is 120 Å². The average Bonchev–Trinajstić information content (AvgIpc) is 3.68. The smallest absolute Gasteiger partial charge is 0.462 e. The van der Waals surface area contributed by atoms with Gasteiger partial charge in [0.15, 0.2) is 12.2 Å². The number of ether oxygens (including phenoxy) is 4. The molecule has 0 radical (unpaired) electrons. The van der Waals surface area contributed by atoms with Crippen molar-refractivity contribution in [1.82, 2.24) is 0 Å². The fourth-order valence-corrected chi connectivity index (χ4v) is 11.7. The molecule has 19 heteroatoms. The Balaban J connectivity index is 5.22. The van der Waals surface area contributed by atoms with Crippen LogP contribution in [0.1, 0.15) is 337 Å². The highest BCUT2D eigenvalue weighted by atomic mass is 31.2. The molecule has 0 aromatic carbocycles. The van der Waals surface area contributed by atoms with E-state index in [4.69, 9.17) is 37.0 Å². The Morgan fingerprint density at radius 3 is 0.874 bits per heavy atom. The Labute approximate surface area is 530 Å². The van der Waals surface area contributed by atoms with Gasteiger partial charge in [0.1, 0.15) is 19.3 Å². The first kappa shape index (κ1) is 85.1. The third-order valence-electron chi connectivity index (χ3n) is 16.4. The standard InChI is InChI=1S/C68H132O17P2/c1-8-11-12-13-25-35-42-49-65(70)78-55-63(85-68(73)52-45-38-31-24-22-28-34-41-48-61(7)10-3)57-82-86(74,75)80-53-62(69)54-81-87(76,77)83-58-64(56-79-66(71)50-43-36-29-23-21-27-33-40-47-60(6)9-2)84-67(72)51-44-37-30-20-18-16-14-15-17-19-26-32-39-46-59(4)5/h59-64,69H,8-58H2,1-7H3,(H,74,75)(H,76,77)/t60?,61?,62-,63+,64+/m0/s1. The first-order valence-electron chi connectivity index (χ1n) is 35.4. The number of hydrogen-bond donors (Lipinski definition) is 3. The molecule has 0 bridgehead atoms. The third-order valence-corrected chi connectivity index (χ3v) is 18.3. The van der Waals surface area contributed by atoms with Crippen LogP contribution in [0.5, 0.6) is 0 Å². The molecule has 0 aliphatic heterocycles. The predicted molar refractivity (Wildman–Crippen MR) is 349 cm³/mol. The number of carbonyl (C=O) groups is 4. The number of esters is 4. The second-order valence-corrected chi connectivity index (χ2v) is 28.4. The van der Waals surface area contributed by atoms with Gasteiger partial charge in [0, 0.05) is 25.7 Å². The molecule has 0 saturated heterocycles. The maximum absolute atomic E-state index is 13.0. The second-order valence-electron chi connectivity index (χ2n) is 25.5. The number of hydrogen-bond acceptors (Lipinski definition) is 15. The van der Waals surface area contributed by atoms with Crippen molar-refractivity contribution < 1.29 is 80.2 Å². The molecule has 0 saturated carbocycles. The number of rotatable bonds is 66. The maximum Gasteiger partial charge on any atom is 0.472 e. The summed E-state index contributed by atoms with van der Waals surface area (Å²) in [5, 5.41) is 10.6. The molecule has 0 heterocycles. The Kier molecular flexibility index (Phi) is 57.8. The van der Waals surface area contributed by atoms with Crippen LogP contribution in [-0.4, -0.2) is 96.7 Å². The fourth-order valence-electron chi connectivity index (χ4n) is 10.1. The maximum atomic E-state index is 13.0. The van der Waals surface area contributed by atoms with Gasteiger partial charge in [-0.15, -0.1) is 0 Å². The predicted octanol–water partition coefficient (Wildman–Crippen LogP) is 19.1. The number of aliphatic hydroxyl groups is 1. The summed E-state index contributed by atoms with van der Waals surface area (Å²) in [6.07, 6.45) is 41.7. The lowest BCUT2D eigenvalue weighted by Crippen LogP contribution is -2.30. The summed E-state index contributed by atoms with van der Waals surface area (Å²) in [6, 6.07) is 0. The molecule has 3 N–H and O–H groups in total. The van der Waals surface area contributed by atoms with Crippen LogP contribution >= 0.6 is 15.6 Å². The summed E-state index contributed by atoms with van der Waals surface area (Å²) in [4.78, 5) is 72.3.